The SMILES string of the molecule is CCSc1ccc(CNc2nc3c(C)nc(-c4c(OC)ncnc4C4CC4)nc3n(C(C)C)c2=O)nc1. The van der Waals surface area contributed by atoms with Crippen molar-refractivity contribution < 1.29 is 4.74 Å². The minimum absolute atomic E-state index is 0.152. The minimum atomic E-state index is -0.247. The lowest BCUT2D eigenvalue weighted by Gasteiger charge is -2.17. The molecule has 0 aromatic carbocycles. The van der Waals surface area contributed by atoms with Crippen LogP contribution in [0.1, 0.15) is 62.7 Å². The van der Waals surface area contributed by atoms with E-state index in [0.717, 1.165) is 34.9 Å². The lowest BCUT2D eigenvalue weighted by atomic mass is 10.1. The van der Waals surface area contributed by atoms with E-state index in [1.165, 1.54) is 6.33 Å². The number of nitrogens with one attached hydrogen (secondary N) is 1. The van der Waals surface area contributed by atoms with Crippen molar-refractivity contribution in [2.24, 2.45) is 0 Å². The van der Waals surface area contributed by atoms with Crippen LogP contribution in [0.25, 0.3) is 22.6 Å². The molecule has 4 aromatic heterocycles. The summed E-state index contributed by atoms with van der Waals surface area (Å²) in [5, 5.41) is 3.18. The highest BCUT2D eigenvalue weighted by Gasteiger charge is 2.32. The lowest BCUT2D eigenvalue weighted by Crippen LogP contribution is -2.28. The Morgan fingerprint density at radius 3 is 2.62 bits per heavy atom. The molecule has 0 radical (unpaired) electrons. The van der Waals surface area contributed by atoms with Crippen LogP contribution in [0, 0.1) is 6.92 Å². The van der Waals surface area contributed by atoms with Crippen molar-refractivity contribution in [1.82, 2.24) is 34.5 Å². The summed E-state index contributed by atoms with van der Waals surface area (Å²) in [6, 6.07) is 3.84. The molecule has 0 spiro atoms. The van der Waals surface area contributed by atoms with Crippen LogP contribution < -0.4 is 15.6 Å². The van der Waals surface area contributed by atoms with E-state index >= 15 is 0 Å². The predicted octanol–water partition coefficient (Wildman–Crippen LogP) is 4.54. The maximum atomic E-state index is 13.6. The number of rotatable bonds is 9. The molecule has 4 heterocycles. The maximum Gasteiger partial charge on any atom is 0.295 e. The fourth-order valence-electron chi connectivity index (χ4n) is 4.28. The number of fused-ring (bicyclic) bond motifs is 1. The van der Waals surface area contributed by atoms with Gasteiger partial charge in [-0.3, -0.25) is 14.3 Å². The number of ether oxygens (including phenoxy) is 1. The molecule has 1 aliphatic carbocycles. The van der Waals surface area contributed by atoms with Crippen molar-refractivity contribution in [2.45, 2.75) is 63.9 Å². The number of pyridine rings is 1. The fraction of sp³-hybridized carbons (Fsp3) is 0.423. The summed E-state index contributed by atoms with van der Waals surface area (Å²) in [4.78, 5) is 42.3. The van der Waals surface area contributed by atoms with Crippen LogP contribution in [0.15, 0.2) is 34.3 Å². The third-order valence-electron chi connectivity index (χ3n) is 6.20. The van der Waals surface area contributed by atoms with Gasteiger partial charge in [0, 0.05) is 23.1 Å². The first-order valence-corrected chi connectivity index (χ1v) is 13.4. The van der Waals surface area contributed by atoms with Crippen LogP contribution >= 0.6 is 11.8 Å². The van der Waals surface area contributed by atoms with Gasteiger partial charge in [-0.15, -0.1) is 11.8 Å². The lowest BCUT2D eigenvalue weighted by molar-refractivity contribution is 0.397. The summed E-state index contributed by atoms with van der Waals surface area (Å²) < 4.78 is 7.21. The van der Waals surface area contributed by atoms with E-state index in [4.69, 9.17) is 14.7 Å². The number of aromatic nitrogens is 7. The normalized spacial score (nSPS) is 13.4. The molecule has 1 aliphatic rings. The first-order valence-electron chi connectivity index (χ1n) is 12.4. The second-order valence-electron chi connectivity index (χ2n) is 9.22. The summed E-state index contributed by atoms with van der Waals surface area (Å²) in [5.41, 5.74) is 3.83. The average Bonchev–Trinajstić information content (AvgIpc) is 3.73. The summed E-state index contributed by atoms with van der Waals surface area (Å²) in [6.45, 7) is 8.27. The molecule has 0 atom stereocenters. The predicted molar refractivity (Wildman–Crippen MR) is 144 cm³/mol. The number of thioether (sulfide) groups is 1. The molecular formula is C26H30N8O2S. The number of hydrogen-bond donors (Lipinski definition) is 1. The smallest absolute Gasteiger partial charge is 0.295 e. The topological polar surface area (TPSA) is 121 Å². The van der Waals surface area contributed by atoms with Crippen molar-refractivity contribution in [3.63, 3.8) is 0 Å². The molecule has 5 rings (SSSR count). The first-order chi connectivity index (χ1) is 17.9. The van der Waals surface area contributed by atoms with Gasteiger partial charge in [0.2, 0.25) is 5.88 Å². The van der Waals surface area contributed by atoms with E-state index in [-0.39, 0.29) is 17.4 Å². The summed E-state index contributed by atoms with van der Waals surface area (Å²) in [7, 11) is 1.57. The highest BCUT2D eigenvalue weighted by molar-refractivity contribution is 7.99. The summed E-state index contributed by atoms with van der Waals surface area (Å²) in [6.07, 6.45) is 5.48. The van der Waals surface area contributed by atoms with Crippen LogP contribution in [0.4, 0.5) is 5.82 Å². The third kappa shape index (κ3) is 5.00. The number of hydrogen-bond acceptors (Lipinski definition) is 10. The van der Waals surface area contributed by atoms with Crippen molar-refractivity contribution in [3.05, 3.63) is 52.1 Å². The van der Waals surface area contributed by atoms with E-state index in [1.54, 1.807) is 23.4 Å². The van der Waals surface area contributed by atoms with E-state index in [2.05, 4.69) is 32.2 Å². The van der Waals surface area contributed by atoms with Gasteiger partial charge in [-0.1, -0.05) is 6.92 Å². The van der Waals surface area contributed by atoms with Gasteiger partial charge in [0.05, 0.1) is 30.7 Å². The number of nitrogens with zero attached hydrogens (tertiary/aromatic N) is 7. The average molecular weight is 519 g/mol. The Labute approximate surface area is 219 Å². The van der Waals surface area contributed by atoms with Crippen LogP contribution in [0.2, 0.25) is 0 Å². The van der Waals surface area contributed by atoms with E-state index in [1.807, 2.05) is 39.1 Å². The number of anilines is 1. The fourth-order valence-corrected chi connectivity index (χ4v) is 4.91. The largest absolute Gasteiger partial charge is 0.480 e. The highest BCUT2D eigenvalue weighted by atomic mass is 32.2. The van der Waals surface area contributed by atoms with Crippen molar-refractivity contribution in [2.75, 3.05) is 18.2 Å². The summed E-state index contributed by atoms with van der Waals surface area (Å²) in [5.74, 6) is 2.44. The van der Waals surface area contributed by atoms with Gasteiger partial charge in [-0.25, -0.2) is 24.9 Å². The van der Waals surface area contributed by atoms with Crippen molar-refractivity contribution in [3.8, 4) is 17.3 Å². The molecule has 0 unspecified atom stereocenters. The second-order valence-corrected chi connectivity index (χ2v) is 10.6. The Morgan fingerprint density at radius 1 is 1.16 bits per heavy atom. The molecule has 0 bridgehead atoms. The Kier molecular flexibility index (Phi) is 7.05. The molecule has 37 heavy (non-hydrogen) atoms. The molecule has 10 nitrogen and oxygen atoms in total. The monoisotopic (exact) mass is 518 g/mol. The number of methoxy groups -OCH3 is 1. The van der Waals surface area contributed by atoms with Crippen LogP contribution in [0.5, 0.6) is 5.88 Å². The minimum Gasteiger partial charge on any atom is -0.480 e. The Hall–Kier alpha value is -3.60. The zero-order valence-electron chi connectivity index (χ0n) is 21.6. The third-order valence-corrected chi connectivity index (χ3v) is 7.06. The highest BCUT2D eigenvalue weighted by Crippen LogP contribution is 2.45. The van der Waals surface area contributed by atoms with Gasteiger partial charge in [0.1, 0.15) is 17.4 Å². The molecule has 192 valence electrons. The zero-order valence-corrected chi connectivity index (χ0v) is 22.5. The number of aryl methyl sites for hydroxylation is 1. The Bertz CT molecular complexity index is 1500. The standard InChI is InChI=1S/C26H30N8O2S/c1-6-37-18-10-9-17(27-12-18)11-28-23-26(35)34(14(2)3)24-20(32-23)15(4)31-22(33-24)19-21(16-7-8-16)29-13-30-25(19)36-5/h9-10,12-14,16H,6-8,11H2,1-5H3,(H,28,32). The Balaban J connectivity index is 1.58. The molecule has 4 aromatic rings. The van der Waals surface area contributed by atoms with E-state index in [9.17, 15) is 4.79 Å². The van der Waals surface area contributed by atoms with Crippen molar-refractivity contribution >= 4 is 28.7 Å². The molecule has 0 aliphatic heterocycles. The van der Waals surface area contributed by atoms with Crippen molar-refractivity contribution in [1.29, 1.82) is 0 Å². The van der Waals surface area contributed by atoms with E-state index < -0.39 is 0 Å². The Morgan fingerprint density at radius 2 is 1.97 bits per heavy atom. The van der Waals surface area contributed by atoms with Crippen LogP contribution in [-0.4, -0.2) is 47.3 Å². The summed E-state index contributed by atoms with van der Waals surface area (Å²) >= 11 is 1.74. The quantitative estimate of drug-likeness (QED) is 0.316. The molecule has 1 saturated carbocycles. The van der Waals surface area contributed by atoms with Gasteiger partial charge in [-0.05, 0) is 51.5 Å². The van der Waals surface area contributed by atoms with E-state index in [0.29, 0.717) is 46.6 Å². The maximum absolute atomic E-state index is 13.6. The van der Waals surface area contributed by atoms with Gasteiger partial charge in [0.25, 0.3) is 5.56 Å². The van der Waals surface area contributed by atoms with Gasteiger partial charge < -0.3 is 10.1 Å². The molecule has 1 N–H and O–H groups in total. The van der Waals surface area contributed by atoms with Gasteiger partial charge >= 0.3 is 0 Å². The zero-order chi connectivity index (χ0) is 26.1. The first kappa shape index (κ1) is 25.1. The van der Waals surface area contributed by atoms with Crippen LogP contribution in [0.3, 0.4) is 0 Å². The second kappa shape index (κ2) is 10.4. The molecular weight excluding hydrogens is 488 g/mol. The molecule has 0 amide bonds. The van der Waals surface area contributed by atoms with Crippen LogP contribution in [-0.2, 0) is 6.54 Å². The molecule has 0 saturated heterocycles. The molecule has 11 heteroatoms. The van der Waals surface area contributed by atoms with Gasteiger partial charge in [0.15, 0.2) is 17.3 Å². The van der Waals surface area contributed by atoms with Gasteiger partial charge in [-0.2, -0.15) is 0 Å². The molecule has 1 fully saturated rings.